The molecule has 0 saturated carbocycles. The van der Waals surface area contributed by atoms with Crippen LogP contribution in [0, 0.1) is 6.92 Å². The van der Waals surface area contributed by atoms with Gasteiger partial charge >= 0.3 is 0 Å². The maximum absolute atomic E-state index is 5.51. The van der Waals surface area contributed by atoms with E-state index in [2.05, 4.69) is 56.3 Å². The first-order valence-corrected chi connectivity index (χ1v) is 7.82. The summed E-state index contributed by atoms with van der Waals surface area (Å²) in [5.74, 6) is 2.28. The first kappa shape index (κ1) is 15.4. The van der Waals surface area contributed by atoms with Gasteiger partial charge in [-0.25, -0.2) is 4.98 Å². The smallest absolute Gasteiger partial charge is 0.230 e. The van der Waals surface area contributed by atoms with Crippen LogP contribution in [0.15, 0.2) is 41.1 Å². The molecule has 1 atom stereocenters. The van der Waals surface area contributed by atoms with Crippen LogP contribution in [-0.2, 0) is 13.0 Å². The van der Waals surface area contributed by atoms with Crippen LogP contribution < -0.4 is 5.32 Å². The highest BCUT2D eigenvalue weighted by molar-refractivity contribution is 5.36. The number of hydrogen-bond donors (Lipinski definition) is 1. The van der Waals surface area contributed by atoms with E-state index in [1.165, 1.54) is 5.56 Å². The van der Waals surface area contributed by atoms with Crippen LogP contribution in [0.25, 0.3) is 5.69 Å². The lowest BCUT2D eigenvalue weighted by Crippen LogP contribution is -2.18. The van der Waals surface area contributed by atoms with Crippen molar-refractivity contribution in [3.63, 3.8) is 0 Å². The number of aromatic nitrogens is 4. The van der Waals surface area contributed by atoms with Gasteiger partial charge in [0.1, 0.15) is 5.82 Å². The third-order valence-electron chi connectivity index (χ3n) is 3.87. The first-order chi connectivity index (χ1) is 11.2. The van der Waals surface area contributed by atoms with E-state index < -0.39 is 0 Å². The zero-order chi connectivity index (χ0) is 16.2. The average molecular weight is 311 g/mol. The van der Waals surface area contributed by atoms with Crippen LogP contribution in [0.5, 0.6) is 0 Å². The second-order valence-electron chi connectivity index (χ2n) is 5.48. The molecule has 0 fully saturated rings. The molecular formula is C17H21N5O. The quantitative estimate of drug-likeness (QED) is 0.758. The molecule has 3 rings (SSSR count). The van der Waals surface area contributed by atoms with Crippen LogP contribution in [0.3, 0.4) is 0 Å². The molecule has 0 aliphatic carbocycles. The molecule has 2 aromatic heterocycles. The highest BCUT2D eigenvalue weighted by Gasteiger charge is 2.09. The molecule has 0 bridgehead atoms. The summed E-state index contributed by atoms with van der Waals surface area (Å²) in [5, 5.41) is 11.4. The molecule has 120 valence electrons. The zero-order valence-corrected chi connectivity index (χ0v) is 13.7. The van der Waals surface area contributed by atoms with E-state index in [0.717, 1.165) is 17.9 Å². The largest absolute Gasteiger partial charge is 0.424 e. The molecular weight excluding hydrogens is 290 g/mol. The SMILES string of the molecule is CCc1nnc(CN[C@@H](C)c2ccc(-n3ccnc3C)cc2)o1. The van der Waals surface area contributed by atoms with Gasteiger partial charge in [-0.3, -0.25) is 0 Å². The molecule has 0 unspecified atom stereocenters. The lowest BCUT2D eigenvalue weighted by molar-refractivity contribution is 0.422. The van der Waals surface area contributed by atoms with E-state index >= 15 is 0 Å². The Morgan fingerprint density at radius 3 is 2.52 bits per heavy atom. The fraction of sp³-hybridized carbons (Fsp3) is 0.353. The van der Waals surface area contributed by atoms with Crippen LogP contribution in [0.2, 0.25) is 0 Å². The summed E-state index contributed by atoms with van der Waals surface area (Å²) in [6.45, 7) is 6.68. The third-order valence-corrected chi connectivity index (χ3v) is 3.87. The summed E-state index contributed by atoms with van der Waals surface area (Å²) in [5.41, 5.74) is 2.32. The zero-order valence-electron chi connectivity index (χ0n) is 13.7. The fourth-order valence-corrected chi connectivity index (χ4v) is 2.44. The molecule has 0 spiro atoms. The lowest BCUT2D eigenvalue weighted by Gasteiger charge is -2.14. The number of aryl methyl sites for hydroxylation is 2. The van der Waals surface area contributed by atoms with Gasteiger partial charge in [0.15, 0.2) is 0 Å². The van der Waals surface area contributed by atoms with E-state index in [9.17, 15) is 0 Å². The molecule has 0 amide bonds. The second-order valence-corrected chi connectivity index (χ2v) is 5.48. The molecule has 6 heteroatoms. The monoisotopic (exact) mass is 311 g/mol. The summed E-state index contributed by atoms with van der Waals surface area (Å²) in [6, 6.07) is 8.65. The van der Waals surface area contributed by atoms with Gasteiger partial charge in [-0.15, -0.1) is 10.2 Å². The molecule has 0 saturated heterocycles. The van der Waals surface area contributed by atoms with Crippen molar-refractivity contribution in [1.29, 1.82) is 0 Å². The topological polar surface area (TPSA) is 68.8 Å². The van der Waals surface area contributed by atoms with Gasteiger partial charge in [0, 0.05) is 30.5 Å². The predicted molar refractivity (Wildman–Crippen MR) is 87.2 cm³/mol. The van der Waals surface area contributed by atoms with E-state index in [1.807, 2.05) is 26.2 Å². The number of hydrogen-bond acceptors (Lipinski definition) is 5. The van der Waals surface area contributed by atoms with Crippen LogP contribution >= 0.6 is 0 Å². The Morgan fingerprint density at radius 1 is 1.17 bits per heavy atom. The summed E-state index contributed by atoms with van der Waals surface area (Å²) < 4.78 is 7.57. The van der Waals surface area contributed by atoms with Crippen molar-refractivity contribution in [3.8, 4) is 5.69 Å². The highest BCUT2D eigenvalue weighted by atomic mass is 16.4. The average Bonchev–Trinajstić information content (AvgIpc) is 3.21. The van der Waals surface area contributed by atoms with Gasteiger partial charge in [-0.1, -0.05) is 19.1 Å². The van der Waals surface area contributed by atoms with Gasteiger partial charge < -0.3 is 14.3 Å². The minimum atomic E-state index is 0.199. The minimum absolute atomic E-state index is 0.199. The Kier molecular flexibility index (Phi) is 4.52. The van der Waals surface area contributed by atoms with E-state index in [4.69, 9.17) is 4.42 Å². The minimum Gasteiger partial charge on any atom is -0.424 e. The van der Waals surface area contributed by atoms with Crippen LogP contribution in [0.1, 0.15) is 43.1 Å². The van der Waals surface area contributed by atoms with Crippen molar-refractivity contribution in [2.45, 2.75) is 39.8 Å². The molecule has 23 heavy (non-hydrogen) atoms. The maximum Gasteiger partial charge on any atom is 0.230 e. The van der Waals surface area contributed by atoms with E-state index in [-0.39, 0.29) is 6.04 Å². The van der Waals surface area contributed by atoms with Gasteiger partial charge in [-0.05, 0) is 31.5 Å². The molecule has 1 N–H and O–H groups in total. The van der Waals surface area contributed by atoms with Gasteiger partial charge in [0.2, 0.25) is 11.8 Å². The fourth-order valence-electron chi connectivity index (χ4n) is 2.44. The molecule has 3 aromatic rings. The summed E-state index contributed by atoms with van der Waals surface area (Å²) in [6.07, 6.45) is 4.53. The lowest BCUT2D eigenvalue weighted by atomic mass is 10.1. The Labute approximate surface area is 135 Å². The van der Waals surface area contributed by atoms with Crippen molar-refractivity contribution in [2.75, 3.05) is 0 Å². The molecule has 2 heterocycles. The maximum atomic E-state index is 5.51. The van der Waals surface area contributed by atoms with E-state index in [1.54, 1.807) is 0 Å². The Morgan fingerprint density at radius 2 is 1.91 bits per heavy atom. The predicted octanol–water partition coefficient (Wildman–Crippen LogP) is 2.98. The first-order valence-electron chi connectivity index (χ1n) is 7.82. The Hall–Kier alpha value is -2.47. The van der Waals surface area contributed by atoms with Crippen molar-refractivity contribution < 1.29 is 4.42 Å². The van der Waals surface area contributed by atoms with Crippen molar-refractivity contribution in [1.82, 2.24) is 25.1 Å². The summed E-state index contributed by atoms with van der Waals surface area (Å²) >= 11 is 0. The molecule has 0 radical (unpaired) electrons. The van der Waals surface area contributed by atoms with Gasteiger partial charge in [-0.2, -0.15) is 0 Å². The van der Waals surface area contributed by atoms with Gasteiger partial charge in [0.25, 0.3) is 0 Å². The number of rotatable bonds is 6. The summed E-state index contributed by atoms with van der Waals surface area (Å²) in [4.78, 5) is 4.25. The standard InChI is InChI=1S/C17H21N5O/c1-4-16-20-21-17(23-16)11-19-12(2)14-5-7-15(8-6-14)22-10-9-18-13(22)3/h5-10,12,19H,4,11H2,1-3H3/t12-/m0/s1. The van der Waals surface area contributed by atoms with E-state index in [0.29, 0.717) is 18.3 Å². The van der Waals surface area contributed by atoms with Crippen molar-refractivity contribution >= 4 is 0 Å². The third kappa shape index (κ3) is 3.48. The number of benzene rings is 1. The highest BCUT2D eigenvalue weighted by Crippen LogP contribution is 2.17. The number of nitrogens with one attached hydrogen (secondary N) is 1. The molecule has 6 nitrogen and oxygen atoms in total. The number of nitrogens with zero attached hydrogens (tertiary/aromatic N) is 4. The second kappa shape index (κ2) is 6.75. The Balaban J connectivity index is 1.63. The van der Waals surface area contributed by atoms with Crippen molar-refractivity contribution in [3.05, 3.63) is 59.8 Å². The normalized spacial score (nSPS) is 12.5. The molecule has 0 aliphatic rings. The Bertz CT molecular complexity index is 759. The molecule has 1 aromatic carbocycles. The summed E-state index contributed by atoms with van der Waals surface area (Å²) in [7, 11) is 0. The number of imidazole rings is 1. The molecule has 0 aliphatic heterocycles. The van der Waals surface area contributed by atoms with Crippen LogP contribution in [-0.4, -0.2) is 19.7 Å². The van der Waals surface area contributed by atoms with Gasteiger partial charge in [0.05, 0.1) is 6.54 Å². The van der Waals surface area contributed by atoms with Crippen molar-refractivity contribution in [2.24, 2.45) is 0 Å². The van der Waals surface area contributed by atoms with Crippen LogP contribution in [0.4, 0.5) is 0 Å².